The van der Waals surface area contributed by atoms with Crippen molar-refractivity contribution in [1.82, 2.24) is 0 Å². The van der Waals surface area contributed by atoms with Crippen molar-refractivity contribution in [2.24, 2.45) is 21.7 Å². The van der Waals surface area contributed by atoms with Gasteiger partial charge in [-0.25, -0.2) is 0 Å². The number of hydrogen-bond donors (Lipinski definition) is 2. The van der Waals surface area contributed by atoms with Crippen LogP contribution < -0.4 is 11.5 Å². The minimum absolute atomic E-state index is 0.0487. The smallest absolute Gasteiger partial charge is 0.211 e. The van der Waals surface area contributed by atoms with Gasteiger partial charge >= 0.3 is 0 Å². The van der Waals surface area contributed by atoms with Crippen molar-refractivity contribution < 1.29 is 0 Å². The Bertz CT molecular complexity index is 380. The molecule has 0 saturated carbocycles. The Morgan fingerprint density at radius 3 is 2.71 bits per heavy atom. The van der Waals surface area contributed by atoms with Gasteiger partial charge in [0.1, 0.15) is 0 Å². The Morgan fingerprint density at radius 1 is 1.43 bits per heavy atom. The lowest BCUT2D eigenvalue weighted by molar-refractivity contribution is 1.21. The lowest BCUT2D eigenvalue weighted by Crippen LogP contribution is -2.21. The molecule has 4 nitrogen and oxygen atoms in total. The van der Waals surface area contributed by atoms with Crippen LogP contribution in [0.4, 0.5) is 0 Å². The van der Waals surface area contributed by atoms with Crippen molar-refractivity contribution in [2.45, 2.75) is 6.92 Å². The van der Waals surface area contributed by atoms with Crippen LogP contribution in [0.1, 0.15) is 11.1 Å². The van der Waals surface area contributed by atoms with Crippen LogP contribution in [0.25, 0.3) is 0 Å². The van der Waals surface area contributed by atoms with E-state index in [1.54, 1.807) is 6.21 Å². The summed E-state index contributed by atoms with van der Waals surface area (Å²) >= 11 is 3.42. The molecule has 0 saturated heterocycles. The van der Waals surface area contributed by atoms with E-state index >= 15 is 0 Å². The first kappa shape index (κ1) is 10.7. The maximum atomic E-state index is 5.12. The van der Waals surface area contributed by atoms with Crippen molar-refractivity contribution in [1.29, 1.82) is 0 Å². The molecule has 1 aromatic rings. The second kappa shape index (κ2) is 4.76. The maximum absolute atomic E-state index is 5.12. The Balaban J connectivity index is 2.83. The molecule has 74 valence electrons. The fourth-order valence-corrected chi connectivity index (χ4v) is 1.25. The van der Waals surface area contributed by atoms with Crippen LogP contribution in [-0.2, 0) is 0 Å². The monoisotopic (exact) mass is 254 g/mol. The molecule has 0 fully saturated rings. The van der Waals surface area contributed by atoms with E-state index in [0.29, 0.717) is 0 Å². The van der Waals surface area contributed by atoms with Crippen LogP contribution in [0, 0.1) is 6.92 Å². The molecule has 1 aromatic carbocycles. The van der Waals surface area contributed by atoms with Gasteiger partial charge in [-0.1, -0.05) is 28.1 Å². The van der Waals surface area contributed by atoms with Gasteiger partial charge in [0.15, 0.2) is 0 Å². The molecule has 0 aliphatic carbocycles. The zero-order valence-electron chi connectivity index (χ0n) is 7.74. The normalized spacial score (nSPS) is 10.4. The molecule has 4 N–H and O–H groups in total. The number of nitrogens with zero attached hydrogens (tertiary/aromatic N) is 2. The second-order valence-corrected chi connectivity index (χ2v) is 3.63. The number of hydrogen-bond acceptors (Lipinski definition) is 2. The molecular weight excluding hydrogens is 244 g/mol. The van der Waals surface area contributed by atoms with E-state index in [0.717, 1.165) is 10.0 Å². The molecule has 0 radical (unpaired) electrons. The highest BCUT2D eigenvalue weighted by molar-refractivity contribution is 9.10. The van der Waals surface area contributed by atoms with Crippen LogP contribution in [0.15, 0.2) is 32.9 Å². The minimum Gasteiger partial charge on any atom is -0.369 e. The SMILES string of the molecule is Cc1ccc(/C=N/N=C(N)N)cc1Br. The van der Waals surface area contributed by atoms with Crippen molar-refractivity contribution in [3.05, 3.63) is 33.8 Å². The van der Waals surface area contributed by atoms with Crippen LogP contribution >= 0.6 is 15.9 Å². The minimum atomic E-state index is -0.0487. The molecule has 0 aliphatic heterocycles. The first-order chi connectivity index (χ1) is 6.59. The number of aryl methyl sites for hydroxylation is 1. The van der Waals surface area contributed by atoms with E-state index in [2.05, 4.69) is 26.1 Å². The summed E-state index contributed by atoms with van der Waals surface area (Å²) in [6.07, 6.45) is 1.59. The van der Waals surface area contributed by atoms with Crippen LogP contribution in [-0.4, -0.2) is 12.2 Å². The Labute approximate surface area is 90.8 Å². The predicted octanol–water partition coefficient (Wildman–Crippen LogP) is 1.36. The topological polar surface area (TPSA) is 76.8 Å². The molecule has 0 spiro atoms. The first-order valence-corrected chi connectivity index (χ1v) is 4.77. The summed E-state index contributed by atoms with van der Waals surface area (Å²) in [6.45, 7) is 2.01. The van der Waals surface area contributed by atoms with Gasteiger partial charge in [-0.05, 0) is 24.1 Å². The van der Waals surface area contributed by atoms with Crippen molar-refractivity contribution in [2.75, 3.05) is 0 Å². The molecule has 0 heterocycles. The number of nitrogens with two attached hydrogens (primary N) is 2. The van der Waals surface area contributed by atoms with Gasteiger partial charge in [0.25, 0.3) is 0 Å². The molecular formula is C9H11BrN4. The second-order valence-electron chi connectivity index (χ2n) is 2.78. The van der Waals surface area contributed by atoms with E-state index in [4.69, 9.17) is 11.5 Å². The standard InChI is InChI=1S/C9H11BrN4/c1-6-2-3-7(4-8(6)10)5-13-14-9(11)12/h2-5H,1H3,(H4,11,12,14)/b13-5+. The summed E-state index contributed by atoms with van der Waals surface area (Å²) in [7, 11) is 0. The molecule has 0 unspecified atom stereocenters. The molecule has 0 aromatic heterocycles. The van der Waals surface area contributed by atoms with Crippen LogP contribution in [0.3, 0.4) is 0 Å². The summed E-state index contributed by atoms with van der Waals surface area (Å²) in [5.74, 6) is -0.0487. The van der Waals surface area contributed by atoms with Gasteiger partial charge in [-0.15, -0.1) is 5.10 Å². The first-order valence-electron chi connectivity index (χ1n) is 3.97. The molecule has 0 aliphatic rings. The van der Waals surface area contributed by atoms with Crippen LogP contribution in [0.5, 0.6) is 0 Å². The molecule has 0 atom stereocenters. The van der Waals surface area contributed by atoms with Crippen molar-refractivity contribution in [3.8, 4) is 0 Å². The predicted molar refractivity (Wildman–Crippen MR) is 62.3 cm³/mol. The van der Waals surface area contributed by atoms with E-state index in [-0.39, 0.29) is 5.96 Å². The third-order valence-corrected chi connectivity index (χ3v) is 2.43. The Morgan fingerprint density at radius 2 is 2.14 bits per heavy atom. The number of benzene rings is 1. The fraction of sp³-hybridized carbons (Fsp3) is 0.111. The van der Waals surface area contributed by atoms with Crippen molar-refractivity contribution in [3.63, 3.8) is 0 Å². The molecule has 0 bridgehead atoms. The highest BCUT2D eigenvalue weighted by Crippen LogP contribution is 2.16. The summed E-state index contributed by atoms with van der Waals surface area (Å²) in [5, 5.41) is 7.20. The highest BCUT2D eigenvalue weighted by Gasteiger charge is 1.94. The number of halogens is 1. The lowest BCUT2D eigenvalue weighted by atomic mass is 10.2. The number of guanidine groups is 1. The third-order valence-electron chi connectivity index (χ3n) is 1.58. The van der Waals surface area contributed by atoms with Gasteiger partial charge in [-0.3, -0.25) is 0 Å². The Hall–Kier alpha value is -1.36. The van der Waals surface area contributed by atoms with Crippen molar-refractivity contribution >= 4 is 28.1 Å². The van der Waals surface area contributed by atoms with E-state index in [1.165, 1.54) is 5.56 Å². The average molecular weight is 255 g/mol. The quantitative estimate of drug-likeness (QED) is 0.475. The van der Waals surface area contributed by atoms with E-state index < -0.39 is 0 Å². The van der Waals surface area contributed by atoms with Crippen LogP contribution in [0.2, 0.25) is 0 Å². The molecule has 5 heteroatoms. The summed E-state index contributed by atoms with van der Waals surface area (Å²) in [5.41, 5.74) is 12.3. The summed E-state index contributed by atoms with van der Waals surface area (Å²) in [6, 6.07) is 5.87. The van der Waals surface area contributed by atoms with E-state index in [9.17, 15) is 0 Å². The molecule has 1 rings (SSSR count). The Kier molecular flexibility index (Phi) is 3.64. The van der Waals surface area contributed by atoms with E-state index in [1.807, 2.05) is 25.1 Å². The average Bonchev–Trinajstić information content (AvgIpc) is 2.10. The summed E-state index contributed by atoms with van der Waals surface area (Å²) in [4.78, 5) is 0. The maximum Gasteiger partial charge on any atom is 0.211 e. The molecule has 0 amide bonds. The largest absolute Gasteiger partial charge is 0.369 e. The lowest BCUT2D eigenvalue weighted by Gasteiger charge is -1.97. The van der Waals surface area contributed by atoms with Gasteiger partial charge in [0.05, 0.1) is 6.21 Å². The third kappa shape index (κ3) is 3.18. The highest BCUT2D eigenvalue weighted by atomic mass is 79.9. The van der Waals surface area contributed by atoms with Gasteiger partial charge < -0.3 is 11.5 Å². The summed E-state index contributed by atoms with van der Waals surface area (Å²) < 4.78 is 1.03. The number of rotatable bonds is 2. The fourth-order valence-electron chi connectivity index (χ4n) is 0.852. The van der Waals surface area contributed by atoms with Gasteiger partial charge in [0.2, 0.25) is 5.96 Å². The zero-order chi connectivity index (χ0) is 10.6. The van der Waals surface area contributed by atoms with Gasteiger partial charge in [0, 0.05) is 4.47 Å². The zero-order valence-corrected chi connectivity index (χ0v) is 9.32. The van der Waals surface area contributed by atoms with Gasteiger partial charge in [-0.2, -0.15) is 5.10 Å². The molecule has 14 heavy (non-hydrogen) atoms.